The van der Waals surface area contributed by atoms with Gasteiger partial charge in [-0.2, -0.15) is 0 Å². The molecule has 0 saturated heterocycles. The molecule has 3 aliphatic rings. The molecule has 10 heteroatoms. The molecule has 3 aliphatic heterocycles. The van der Waals surface area contributed by atoms with Gasteiger partial charge in [0.05, 0.1) is 30.9 Å². The molecular weight excluding hydrogens is 567 g/mol. The molecule has 4 heterocycles. The molecule has 1 unspecified atom stereocenters. The van der Waals surface area contributed by atoms with E-state index in [0.29, 0.717) is 53.5 Å². The molecule has 8 bridgehead atoms. The molecule has 4 aromatic rings. The second-order valence-electron chi connectivity index (χ2n) is 10.8. The van der Waals surface area contributed by atoms with Gasteiger partial charge >= 0.3 is 5.63 Å². The maximum Gasteiger partial charge on any atom is 0.336 e. The third kappa shape index (κ3) is 5.50. The number of carbonyl (C=O) groups excluding carboxylic acids is 2. The first-order valence-corrected chi connectivity index (χ1v) is 14.3. The quantitative estimate of drug-likeness (QED) is 0.325. The molecule has 0 spiro atoms. The molecule has 1 atom stereocenters. The Bertz CT molecular complexity index is 1810. The number of methoxy groups -OCH3 is 1. The van der Waals surface area contributed by atoms with E-state index in [0.717, 1.165) is 16.7 Å². The van der Waals surface area contributed by atoms with Gasteiger partial charge in [-0.1, -0.05) is 12.1 Å². The largest absolute Gasteiger partial charge is 0.493 e. The molecule has 0 radical (unpaired) electrons. The van der Waals surface area contributed by atoms with Crippen LogP contribution in [0, 0.1) is 19.7 Å². The highest BCUT2D eigenvalue weighted by atomic mass is 19.1. The number of amides is 2. The molecule has 0 saturated carbocycles. The van der Waals surface area contributed by atoms with Crippen molar-refractivity contribution in [3.8, 4) is 23.0 Å². The summed E-state index contributed by atoms with van der Waals surface area (Å²) in [5, 5.41) is 2.73. The lowest BCUT2D eigenvalue weighted by atomic mass is 9.87. The average molecular weight is 599 g/mol. The van der Waals surface area contributed by atoms with Crippen LogP contribution in [0.15, 0.2) is 69.9 Å². The number of fused-ring (bicyclic) bond motifs is 6. The van der Waals surface area contributed by atoms with Crippen molar-refractivity contribution in [2.24, 2.45) is 0 Å². The summed E-state index contributed by atoms with van der Waals surface area (Å²) < 4.78 is 37.6. The average Bonchev–Trinajstić information content (AvgIpc) is 3.00. The number of nitrogens with zero attached hydrogens (tertiary/aromatic N) is 1. The van der Waals surface area contributed by atoms with E-state index in [4.69, 9.17) is 18.6 Å². The lowest BCUT2D eigenvalue weighted by molar-refractivity contribution is 0.0689. The van der Waals surface area contributed by atoms with Crippen molar-refractivity contribution in [1.82, 2.24) is 10.2 Å². The van der Waals surface area contributed by atoms with Crippen molar-refractivity contribution in [2.75, 3.05) is 26.8 Å². The molecule has 226 valence electrons. The van der Waals surface area contributed by atoms with Gasteiger partial charge < -0.3 is 28.8 Å². The minimum atomic E-state index is -0.650. The van der Waals surface area contributed by atoms with Crippen LogP contribution in [0.3, 0.4) is 0 Å². The van der Waals surface area contributed by atoms with Crippen molar-refractivity contribution >= 4 is 11.8 Å². The predicted octanol–water partition coefficient (Wildman–Crippen LogP) is 5.50. The van der Waals surface area contributed by atoms with Crippen molar-refractivity contribution < 1.29 is 32.6 Å². The van der Waals surface area contributed by atoms with Crippen molar-refractivity contribution in [3.05, 3.63) is 116 Å². The number of aryl methyl sites for hydroxylation is 2. The van der Waals surface area contributed by atoms with E-state index >= 15 is 0 Å². The minimum Gasteiger partial charge on any atom is -0.493 e. The third-order valence-corrected chi connectivity index (χ3v) is 7.94. The second-order valence-corrected chi connectivity index (χ2v) is 10.8. The Labute approximate surface area is 253 Å². The van der Waals surface area contributed by atoms with E-state index in [2.05, 4.69) is 5.32 Å². The number of benzene rings is 3. The number of halogens is 1. The Morgan fingerprint density at radius 1 is 1.02 bits per heavy atom. The van der Waals surface area contributed by atoms with Crippen LogP contribution >= 0.6 is 0 Å². The van der Waals surface area contributed by atoms with Gasteiger partial charge in [-0.3, -0.25) is 9.59 Å². The maximum absolute atomic E-state index is 14.6. The lowest BCUT2D eigenvalue weighted by Gasteiger charge is -2.38. The van der Waals surface area contributed by atoms with E-state index in [9.17, 15) is 18.8 Å². The molecule has 0 fully saturated rings. The molecular formula is C34H31FN2O7. The number of hydrogen-bond donors (Lipinski definition) is 1. The van der Waals surface area contributed by atoms with E-state index in [-0.39, 0.29) is 30.4 Å². The summed E-state index contributed by atoms with van der Waals surface area (Å²) in [5.74, 6) is 0.638. The monoisotopic (exact) mass is 598 g/mol. The van der Waals surface area contributed by atoms with E-state index in [1.54, 1.807) is 38.0 Å². The topological polar surface area (TPSA) is 107 Å². The first kappa shape index (κ1) is 29.0. The second kappa shape index (κ2) is 11.9. The summed E-state index contributed by atoms with van der Waals surface area (Å²) in [6.45, 7) is 4.23. The Morgan fingerprint density at radius 2 is 1.82 bits per heavy atom. The van der Waals surface area contributed by atoms with E-state index < -0.39 is 23.4 Å². The number of hydrogen-bond acceptors (Lipinski definition) is 7. The smallest absolute Gasteiger partial charge is 0.336 e. The van der Waals surface area contributed by atoms with Gasteiger partial charge in [0, 0.05) is 19.2 Å². The highest BCUT2D eigenvalue weighted by molar-refractivity contribution is 5.97. The SMILES string of the molecule is COc1ccc2cc1OCCCNC(=O)c1cc(ccc1F)Oc1ccc3c(c1)CCN(C(=O)c1c(C)cc(=O)oc1C)C23. The summed E-state index contributed by atoms with van der Waals surface area (Å²) in [5.41, 5.74) is 2.93. The van der Waals surface area contributed by atoms with E-state index in [1.807, 2.05) is 24.3 Å². The van der Waals surface area contributed by atoms with Crippen LogP contribution in [0.1, 0.15) is 61.2 Å². The van der Waals surface area contributed by atoms with E-state index in [1.165, 1.54) is 24.3 Å². The Balaban J connectivity index is 1.48. The van der Waals surface area contributed by atoms with Gasteiger partial charge in [0.1, 0.15) is 23.1 Å². The molecule has 2 amide bonds. The molecule has 3 aromatic carbocycles. The first-order chi connectivity index (χ1) is 21.2. The van der Waals surface area contributed by atoms with Crippen LogP contribution in [0.5, 0.6) is 23.0 Å². The molecule has 0 aliphatic carbocycles. The van der Waals surface area contributed by atoms with Crippen molar-refractivity contribution in [2.45, 2.75) is 32.7 Å². The number of carbonyl (C=O) groups is 2. The van der Waals surface area contributed by atoms with Gasteiger partial charge in [-0.15, -0.1) is 0 Å². The van der Waals surface area contributed by atoms with Gasteiger partial charge in [0.25, 0.3) is 11.8 Å². The predicted molar refractivity (Wildman–Crippen MR) is 159 cm³/mol. The van der Waals surface area contributed by atoms with Crippen molar-refractivity contribution in [1.29, 1.82) is 0 Å². The summed E-state index contributed by atoms with van der Waals surface area (Å²) in [6, 6.07) is 16.0. The number of rotatable bonds is 2. The van der Waals surface area contributed by atoms with Crippen LogP contribution in [-0.2, 0) is 6.42 Å². The Morgan fingerprint density at radius 3 is 2.61 bits per heavy atom. The normalized spacial score (nSPS) is 16.2. The first-order valence-electron chi connectivity index (χ1n) is 14.3. The zero-order valence-electron chi connectivity index (χ0n) is 24.6. The minimum absolute atomic E-state index is 0.117. The maximum atomic E-state index is 14.6. The van der Waals surface area contributed by atoms with Crippen LogP contribution in [-0.4, -0.2) is 43.5 Å². The standard InChI is InChI=1S/C34H31FN2O7/c1-19-15-30(38)43-20(2)31(19)34(40)37-13-11-21-16-23-6-8-25(21)32(37)22-5-10-28(41-3)29(17-22)42-14-4-12-36-33(39)26-18-24(44-23)7-9-27(26)35/h5-10,15-18,32H,4,11-14H2,1-3H3,(H,36,39). The van der Waals surface area contributed by atoms with Crippen LogP contribution in [0.2, 0.25) is 0 Å². The number of nitrogens with one attached hydrogen (secondary N) is 1. The zero-order chi connectivity index (χ0) is 31.0. The molecule has 7 rings (SSSR count). The van der Waals surface area contributed by atoms with Gasteiger partial charge in [-0.05, 0) is 91.4 Å². The van der Waals surface area contributed by atoms with Crippen LogP contribution < -0.4 is 25.2 Å². The van der Waals surface area contributed by atoms with Gasteiger partial charge in [-0.25, -0.2) is 9.18 Å². The molecule has 44 heavy (non-hydrogen) atoms. The third-order valence-electron chi connectivity index (χ3n) is 7.94. The van der Waals surface area contributed by atoms with Crippen molar-refractivity contribution in [3.63, 3.8) is 0 Å². The summed E-state index contributed by atoms with van der Waals surface area (Å²) in [7, 11) is 1.55. The summed E-state index contributed by atoms with van der Waals surface area (Å²) >= 11 is 0. The van der Waals surface area contributed by atoms with Crippen LogP contribution in [0.4, 0.5) is 4.39 Å². The molecule has 9 nitrogen and oxygen atoms in total. The zero-order valence-corrected chi connectivity index (χ0v) is 24.6. The van der Waals surface area contributed by atoms with Gasteiger partial charge in [0.15, 0.2) is 11.5 Å². The summed E-state index contributed by atoms with van der Waals surface area (Å²) in [4.78, 5) is 40.7. The fraction of sp³-hybridized carbons (Fsp3) is 0.265. The van der Waals surface area contributed by atoms with Gasteiger partial charge in [0.2, 0.25) is 0 Å². The Kier molecular flexibility index (Phi) is 7.82. The number of ether oxygens (including phenoxy) is 3. The fourth-order valence-corrected chi connectivity index (χ4v) is 5.87. The highest BCUT2D eigenvalue weighted by Gasteiger charge is 2.35. The lowest BCUT2D eigenvalue weighted by Crippen LogP contribution is -2.41. The van der Waals surface area contributed by atoms with Crippen LogP contribution in [0.25, 0.3) is 0 Å². The Hall–Kier alpha value is -5.12. The highest BCUT2D eigenvalue weighted by Crippen LogP contribution is 2.41. The fourth-order valence-electron chi connectivity index (χ4n) is 5.87. The summed E-state index contributed by atoms with van der Waals surface area (Å²) in [6.07, 6.45) is 0.980. The molecule has 1 N–H and O–H groups in total. The molecule has 1 aromatic heterocycles.